The molecule has 6 heteroatoms. The third-order valence-electron chi connectivity index (χ3n) is 2.94. The SMILES string of the molecule is CCCNc1cc(C(=O)Nc2ccc(OC(C)C)cc2)ncn1. The average Bonchev–Trinajstić information content (AvgIpc) is 2.54. The molecule has 0 radical (unpaired) electrons. The molecule has 2 N–H and O–H groups in total. The molecule has 0 aliphatic heterocycles. The van der Waals surface area contributed by atoms with E-state index in [4.69, 9.17) is 4.74 Å². The molecule has 122 valence electrons. The number of nitrogens with one attached hydrogen (secondary N) is 2. The highest BCUT2D eigenvalue weighted by molar-refractivity contribution is 6.03. The summed E-state index contributed by atoms with van der Waals surface area (Å²) >= 11 is 0. The summed E-state index contributed by atoms with van der Waals surface area (Å²) in [6.45, 7) is 6.80. The van der Waals surface area contributed by atoms with E-state index in [1.807, 2.05) is 26.0 Å². The largest absolute Gasteiger partial charge is 0.491 e. The van der Waals surface area contributed by atoms with Crippen molar-refractivity contribution in [1.82, 2.24) is 9.97 Å². The van der Waals surface area contributed by atoms with E-state index in [1.54, 1.807) is 18.2 Å². The van der Waals surface area contributed by atoms with Gasteiger partial charge in [-0.1, -0.05) is 6.92 Å². The number of aromatic nitrogens is 2. The van der Waals surface area contributed by atoms with Crippen molar-refractivity contribution in [2.75, 3.05) is 17.2 Å². The molecule has 0 saturated heterocycles. The van der Waals surface area contributed by atoms with Crippen LogP contribution in [0.25, 0.3) is 0 Å². The minimum Gasteiger partial charge on any atom is -0.491 e. The number of rotatable bonds is 7. The Kier molecular flexibility index (Phi) is 5.91. The number of ether oxygens (including phenoxy) is 1. The molecule has 2 rings (SSSR count). The van der Waals surface area contributed by atoms with Gasteiger partial charge in [0.05, 0.1) is 6.10 Å². The second-order valence-electron chi connectivity index (χ2n) is 5.36. The maximum Gasteiger partial charge on any atom is 0.274 e. The number of hydrogen-bond acceptors (Lipinski definition) is 5. The number of nitrogens with zero attached hydrogens (tertiary/aromatic N) is 2. The monoisotopic (exact) mass is 314 g/mol. The van der Waals surface area contributed by atoms with Gasteiger partial charge in [-0.05, 0) is 44.5 Å². The number of anilines is 2. The summed E-state index contributed by atoms with van der Waals surface area (Å²) in [6.07, 6.45) is 2.48. The van der Waals surface area contributed by atoms with Gasteiger partial charge >= 0.3 is 0 Å². The Morgan fingerprint density at radius 1 is 1.22 bits per heavy atom. The summed E-state index contributed by atoms with van der Waals surface area (Å²) in [7, 11) is 0. The zero-order valence-corrected chi connectivity index (χ0v) is 13.7. The third kappa shape index (κ3) is 5.25. The molecular weight excluding hydrogens is 292 g/mol. The van der Waals surface area contributed by atoms with Crippen LogP contribution in [-0.2, 0) is 0 Å². The third-order valence-corrected chi connectivity index (χ3v) is 2.94. The van der Waals surface area contributed by atoms with Crippen LogP contribution in [-0.4, -0.2) is 28.5 Å². The Balaban J connectivity index is 2.01. The van der Waals surface area contributed by atoms with Crippen LogP contribution in [0.1, 0.15) is 37.7 Å². The van der Waals surface area contributed by atoms with Gasteiger partial charge in [-0.15, -0.1) is 0 Å². The first kappa shape index (κ1) is 16.7. The predicted octanol–water partition coefficient (Wildman–Crippen LogP) is 3.34. The molecule has 1 heterocycles. The fraction of sp³-hybridized carbons (Fsp3) is 0.353. The first-order valence-corrected chi connectivity index (χ1v) is 7.72. The van der Waals surface area contributed by atoms with Gasteiger partial charge in [0, 0.05) is 18.3 Å². The molecule has 1 amide bonds. The molecule has 0 atom stereocenters. The summed E-state index contributed by atoms with van der Waals surface area (Å²) < 4.78 is 5.57. The smallest absolute Gasteiger partial charge is 0.274 e. The molecule has 0 aliphatic rings. The molecule has 0 saturated carbocycles. The van der Waals surface area contributed by atoms with E-state index in [0.29, 0.717) is 17.2 Å². The number of hydrogen-bond donors (Lipinski definition) is 2. The lowest BCUT2D eigenvalue weighted by atomic mass is 10.2. The fourth-order valence-electron chi connectivity index (χ4n) is 1.92. The minimum absolute atomic E-state index is 0.116. The van der Waals surface area contributed by atoms with Crippen molar-refractivity contribution in [3.8, 4) is 5.75 Å². The Bertz CT molecular complexity index is 641. The van der Waals surface area contributed by atoms with Gasteiger partial charge in [-0.3, -0.25) is 4.79 Å². The molecule has 0 fully saturated rings. The van der Waals surface area contributed by atoms with E-state index in [0.717, 1.165) is 18.7 Å². The van der Waals surface area contributed by atoms with Gasteiger partial charge in [-0.2, -0.15) is 0 Å². The van der Waals surface area contributed by atoms with Crippen LogP contribution in [0.4, 0.5) is 11.5 Å². The molecule has 0 aliphatic carbocycles. The van der Waals surface area contributed by atoms with Crippen molar-refractivity contribution in [2.45, 2.75) is 33.3 Å². The van der Waals surface area contributed by atoms with Gasteiger partial charge in [0.2, 0.25) is 0 Å². The second kappa shape index (κ2) is 8.12. The normalized spacial score (nSPS) is 10.4. The van der Waals surface area contributed by atoms with Crippen LogP contribution in [0.3, 0.4) is 0 Å². The number of benzene rings is 1. The molecule has 0 bridgehead atoms. The number of carbonyl (C=O) groups excluding carboxylic acids is 1. The summed E-state index contributed by atoms with van der Waals surface area (Å²) in [6, 6.07) is 8.88. The molecular formula is C17H22N4O2. The first-order valence-electron chi connectivity index (χ1n) is 7.72. The van der Waals surface area contributed by atoms with Crippen LogP contribution in [0.2, 0.25) is 0 Å². The summed E-state index contributed by atoms with van der Waals surface area (Å²) in [4.78, 5) is 20.3. The minimum atomic E-state index is -0.274. The molecule has 1 aromatic carbocycles. The molecule has 23 heavy (non-hydrogen) atoms. The van der Waals surface area contributed by atoms with Gasteiger partial charge < -0.3 is 15.4 Å². The zero-order valence-electron chi connectivity index (χ0n) is 13.7. The molecule has 1 aromatic heterocycles. The summed E-state index contributed by atoms with van der Waals surface area (Å²) in [5.41, 5.74) is 1.01. The lowest BCUT2D eigenvalue weighted by Crippen LogP contribution is -2.15. The average molecular weight is 314 g/mol. The highest BCUT2D eigenvalue weighted by Gasteiger charge is 2.09. The lowest BCUT2D eigenvalue weighted by molar-refractivity contribution is 0.102. The van der Waals surface area contributed by atoms with Crippen LogP contribution in [0, 0.1) is 0 Å². The Hall–Kier alpha value is -2.63. The standard InChI is InChI=1S/C17H22N4O2/c1-4-9-18-16-10-15(19-11-20-16)17(22)21-13-5-7-14(8-6-13)23-12(2)3/h5-8,10-12H,4,9H2,1-3H3,(H,21,22)(H,18,19,20). The van der Waals surface area contributed by atoms with E-state index in [-0.39, 0.29) is 12.0 Å². The Morgan fingerprint density at radius 2 is 1.96 bits per heavy atom. The predicted molar refractivity (Wildman–Crippen MR) is 91.0 cm³/mol. The van der Waals surface area contributed by atoms with Crippen molar-refractivity contribution in [3.05, 3.63) is 42.4 Å². The van der Waals surface area contributed by atoms with Crippen molar-refractivity contribution in [3.63, 3.8) is 0 Å². The lowest BCUT2D eigenvalue weighted by Gasteiger charge is -2.10. The quantitative estimate of drug-likeness (QED) is 0.819. The van der Waals surface area contributed by atoms with E-state index >= 15 is 0 Å². The highest BCUT2D eigenvalue weighted by atomic mass is 16.5. The van der Waals surface area contributed by atoms with E-state index < -0.39 is 0 Å². The highest BCUT2D eigenvalue weighted by Crippen LogP contribution is 2.17. The van der Waals surface area contributed by atoms with Gasteiger partial charge in [0.25, 0.3) is 5.91 Å². The van der Waals surface area contributed by atoms with Gasteiger partial charge in [0.15, 0.2) is 0 Å². The number of amides is 1. The zero-order chi connectivity index (χ0) is 16.7. The maximum atomic E-state index is 12.2. The molecule has 0 unspecified atom stereocenters. The second-order valence-corrected chi connectivity index (χ2v) is 5.36. The van der Waals surface area contributed by atoms with Crippen LogP contribution >= 0.6 is 0 Å². The Labute approximate surface area is 136 Å². The molecule has 6 nitrogen and oxygen atoms in total. The summed E-state index contributed by atoms with van der Waals surface area (Å²) in [5.74, 6) is 1.14. The topological polar surface area (TPSA) is 76.1 Å². The number of carbonyl (C=O) groups is 1. The van der Waals surface area contributed by atoms with Gasteiger partial charge in [0.1, 0.15) is 23.6 Å². The molecule has 2 aromatic rings. The Morgan fingerprint density at radius 3 is 2.61 bits per heavy atom. The first-order chi connectivity index (χ1) is 11.1. The summed E-state index contributed by atoms with van der Waals surface area (Å²) in [5, 5.41) is 5.94. The van der Waals surface area contributed by atoms with E-state index in [1.165, 1.54) is 6.33 Å². The van der Waals surface area contributed by atoms with Crippen LogP contribution in [0.5, 0.6) is 5.75 Å². The van der Waals surface area contributed by atoms with Crippen molar-refractivity contribution in [1.29, 1.82) is 0 Å². The van der Waals surface area contributed by atoms with Gasteiger partial charge in [-0.25, -0.2) is 9.97 Å². The van der Waals surface area contributed by atoms with E-state index in [9.17, 15) is 4.79 Å². The van der Waals surface area contributed by atoms with Crippen LogP contribution < -0.4 is 15.4 Å². The van der Waals surface area contributed by atoms with Crippen molar-refractivity contribution in [2.24, 2.45) is 0 Å². The maximum absolute atomic E-state index is 12.2. The van der Waals surface area contributed by atoms with Crippen molar-refractivity contribution < 1.29 is 9.53 Å². The fourth-order valence-corrected chi connectivity index (χ4v) is 1.92. The van der Waals surface area contributed by atoms with Crippen molar-refractivity contribution >= 4 is 17.4 Å². The van der Waals surface area contributed by atoms with Crippen LogP contribution in [0.15, 0.2) is 36.7 Å². The van der Waals surface area contributed by atoms with E-state index in [2.05, 4.69) is 27.5 Å². The molecule has 0 spiro atoms.